The van der Waals surface area contributed by atoms with Gasteiger partial charge in [0.1, 0.15) is 0 Å². The van der Waals surface area contributed by atoms with E-state index in [1.165, 1.54) is 43.4 Å². The van der Waals surface area contributed by atoms with Crippen LogP contribution in [0.4, 0.5) is 0 Å². The van der Waals surface area contributed by atoms with Crippen molar-refractivity contribution in [2.45, 2.75) is 26.2 Å². The van der Waals surface area contributed by atoms with Gasteiger partial charge < -0.3 is 16.3 Å². The third kappa shape index (κ3) is 3.38. The van der Waals surface area contributed by atoms with E-state index in [2.05, 4.69) is 14.0 Å². The minimum absolute atomic E-state index is 1.34. The second-order valence-corrected chi connectivity index (χ2v) is 3.50. The first-order valence-electron chi connectivity index (χ1n) is 4.33. The van der Waals surface area contributed by atoms with Gasteiger partial charge in [0, 0.05) is 12.8 Å². The summed E-state index contributed by atoms with van der Waals surface area (Å²) in [4.78, 5) is 0. The Morgan fingerprint density at radius 2 is 1.73 bits per heavy atom. The number of quaternary nitrogens is 1. The first kappa shape index (κ1) is 10.4. The van der Waals surface area contributed by atoms with Crippen LogP contribution in [0.1, 0.15) is 26.2 Å². The molecule has 0 spiro atoms. The summed E-state index contributed by atoms with van der Waals surface area (Å²) in [7, 11) is 2.39. The lowest BCUT2D eigenvalue weighted by molar-refractivity contribution is -0.897. The van der Waals surface area contributed by atoms with Crippen LogP contribution in [-0.4, -0.2) is 31.2 Å². The maximum absolute atomic E-state index is 6.25. The maximum atomic E-state index is 6.25. The van der Waals surface area contributed by atoms with Crippen molar-refractivity contribution in [1.82, 2.24) is 0 Å². The molecular formula is C9H18N2. The lowest BCUT2D eigenvalue weighted by Gasteiger charge is -2.28. The maximum Gasteiger partial charge on any atom is 0.0786 e. The van der Waals surface area contributed by atoms with Gasteiger partial charge >= 0.3 is 0 Å². The molecule has 0 aliphatic carbocycles. The van der Waals surface area contributed by atoms with Crippen LogP contribution in [0.25, 0.3) is 0 Å². The minimum Gasteiger partial charge on any atom is -0.512 e. The highest BCUT2D eigenvalue weighted by molar-refractivity contribution is 4.50. The Morgan fingerprint density at radius 3 is 2.09 bits per heavy atom. The van der Waals surface area contributed by atoms with Crippen LogP contribution in [0, 0.1) is 11.8 Å². The molecular weight excluding hydrogens is 136 g/mol. The number of hydrogen-bond donors (Lipinski definition) is 0. The lowest BCUT2D eigenvalue weighted by Crippen LogP contribution is -2.41. The Balaban J connectivity index is 0.000000461. The fraction of sp³-hybridized carbons (Fsp3) is 0.889. The number of nitrogens with zero attached hydrogens (tertiary/aromatic N) is 2. The van der Waals surface area contributed by atoms with Gasteiger partial charge in [-0.05, 0) is 6.42 Å². The number of likely N-dealkylation sites (tertiary alicyclic amines) is 1. The van der Waals surface area contributed by atoms with Crippen molar-refractivity contribution >= 4 is 0 Å². The third-order valence-corrected chi connectivity index (χ3v) is 2.41. The largest absolute Gasteiger partial charge is 0.512 e. The van der Waals surface area contributed by atoms with E-state index in [0.717, 1.165) is 0 Å². The SMILES string of the molecule is CCC[N+]1(C)CCCC1.[C-]#N. The molecule has 0 N–H and O–H groups in total. The van der Waals surface area contributed by atoms with E-state index in [1.54, 1.807) is 0 Å². The van der Waals surface area contributed by atoms with Crippen molar-refractivity contribution in [3.63, 3.8) is 0 Å². The fourth-order valence-corrected chi connectivity index (χ4v) is 1.86. The smallest absolute Gasteiger partial charge is 0.0786 e. The average molecular weight is 154 g/mol. The highest BCUT2D eigenvalue weighted by atomic mass is 15.3. The Bertz CT molecular complexity index is 112. The van der Waals surface area contributed by atoms with Crippen LogP contribution >= 0.6 is 0 Å². The summed E-state index contributed by atoms with van der Waals surface area (Å²) in [5.74, 6) is 0. The van der Waals surface area contributed by atoms with Gasteiger partial charge in [-0.15, -0.1) is 0 Å². The molecule has 0 aromatic rings. The standard InChI is InChI=1S/C8H18N.CN/c1-3-6-9(2)7-4-5-8-9;1-2/h3-8H2,1-2H3;/q+1;-1. The van der Waals surface area contributed by atoms with Crippen LogP contribution in [0.2, 0.25) is 0 Å². The van der Waals surface area contributed by atoms with Crippen molar-refractivity contribution in [3.05, 3.63) is 6.57 Å². The third-order valence-electron chi connectivity index (χ3n) is 2.41. The number of rotatable bonds is 2. The zero-order chi connectivity index (χ0) is 8.74. The van der Waals surface area contributed by atoms with Gasteiger partial charge in [0.2, 0.25) is 0 Å². The first-order valence-corrected chi connectivity index (χ1v) is 4.33. The Hall–Kier alpha value is -0.550. The monoisotopic (exact) mass is 154 g/mol. The van der Waals surface area contributed by atoms with Crippen LogP contribution in [-0.2, 0) is 0 Å². The first-order chi connectivity index (χ1) is 5.27. The normalized spacial score (nSPS) is 20.4. The Morgan fingerprint density at radius 1 is 1.27 bits per heavy atom. The molecule has 0 unspecified atom stereocenters. The van der Waals surface area contributed by atoms with Gasteiger partial charge in [-0.1, -0.05) is 6.92 Å². The van der Waals surface area contributed by atoms with Crippen LogP contribution in [0.5, 0.6) is 0 Å². The van der Waals surface area contributed by atoms with E-state index in [-0.39, 0.29) is 0 Å². The zero-order valence-corrected chi connectivity index (χ0v) is 7.64. The molecule has 1 saturated heterocycles. The van der Waals surface area contributed by atoms with E-state index in [1.807, 2.05) is 0 Å². The van der Waals surface area contributed by atoms with Gasteiger partial charge in [0.25, 0.3) is 0 Å². The molecule has 1 rings (SSSR count). The fourth-order valence-electron chi connectivity index (χ4n) is 1.86. The molecule has 2 nitrogen and oxygen atoms in total. The highest BCUT2D eigenvalue weighted by Crippen LogP contribution is 2.15. The van der Waals surface area contributed by atoms with Gasteiger partial charge in [-0.3, -0.25) is 0 Å². The molecule has 1 aliphatic heterocycles. The van der Waals surface area contributed by atoms with Crippen molar-refractivity contribution in [2.24, 2.45) is 0 Å². The summed E-state index contributed by atoms with van der Waals surface area (Å²) in [6, 6.07) is 0. The molecule has 64 valence electrons. The topological polar surface area (TPSA) is 23.8 Å². The summed E-state index contributed by atoms with van der Waals surface area (Å²) in [5, 5.41) is 6.25. The summed E-state index contributed by atoms with van der Waals surface area (Å²) >= 11 is 0. The Labute approximate surface area is 70.0 Å². The molecule has 2 heteroatoms. The van der Waals surface area contributed by atoms with E-state index in [0.29, 0.717) is 0 Å². The molecule has 0 bridgehead atoms. The molecule has 11 heavy (non-hydrogen) atoms. The van der Waals surface area contributed by atoms with E-state index in [9.17, 15) is 0 Å². The molecule has 1 aliphatic rings. The zero-order valence-electron chi connectivity index (χ0n) is 7.64. The Kier molecular flexibility index (Phi) is 4.89. The molecule has 0 saturated carbocycles. The molecule has 0 aromatic heterocycles. The van der Waals surface area contributed by atoms with Gasteiger partial charge in [-0.25, -0.2) is 0 Å². The van der Waals surface area contributed by atoms with E-state index >= 15 is 0 Å². The van der Waals surface area contributed by atoms with Crippen LogP contribution in [0.15, 0.2) is 0 Å². The molecule has 1 fully saturated rings. The van der Waals surface area contributed by atoms with Gasteiger partial charge in [0.05, 0.1) is 26.7 Å². The van der Waals surface area contributed by atoms with Gasteiger partial charge in [0.15, 0.2) is 0 Å². The molecule has 0 aromatic carbocycles. The summed E-state index contributed by atoms with van der Waals surface area (Å²) < 4.78 is 1.34. The summed E-state index contributed by atoms with van der Waals surface area (Å²) in [6.07, 6.45) is 4.25. The quantitative estimate of drug-likeness (QED) is 0.439. The van der Waals surface area contributed by atoms with E-state index < -0.39 is 0 Å². The minimum atomic E-state index is 1.34. The molecule has 0 amide bonds. The van der Waals surface area contributed by atoms with Crippen molar-refractivity contribution in [2.75, 3.05) is 26.7 Å². The lowest BCUT2D eigenvalue weighted by atomic mass is 10.4. The molecule has 1 heterocycles. The summed E-state index contributed by atoms with van der Waals surface area (Å²) in [6.45, 7) is 11.3. The molecule has 0 atom stereocenters. The molecule has 0 radical (unpaired) electrons. The highest BCUT2D eigenvalue weighted by Gasteiger charge is 2.24. The van der Waals surface area contributed by atoms with Crippen molar-refractivity contribution in [1.29, 1.82) is 5.26 Å². The van der Waals surface area contributed by atoms with Crippen LogP contribution in [0.3, 0.4) is 0 Å². The second kappa shape index (κ2) is 5.15. The van der Waals surface area contributed by atoms with Crippen molar-refractivity contribution < 1.29 is 4.48 Å². The van der Waals surface area contributed by atoms with E-state index in [4.69, 9.17) is 11.8 Å². The predicted molar refractivity (Wildman–Crippen MR) is 45.3 cm³/mol. The number of hydrogen-bond acceptors (Lipinski definition) is 1. The predicted octanol–water partition coefficient (Wildman–Crippen LogP) is 1.73. The second-order valence-electron chi connectivity index (χ2n) is 3.50. The van der Waals surface area contributed by atoms with Crippen molar-refractivity contribution in [3.8, 4) is 0 Å². The van der Waals surface area contributed by atoms with Crippen LogP contribution < -0.4 is 0 Å². The summed E-state index contributed by atoms with van der Waals surface area (Å²) in [5.41, 5.74) is 0. The van der Waals surface area contributed by atoms with Gasteiger partial charge in [-0.2, -0.15) is 0 Å². The average Bonchev–Trinajstić information content (AvgIpc) is 2.41.